The van der Waals surface area contributed by atoms with Gasteiger partial charge in [-0.3, -0.25) is 0 Å². The van der Waals surface area contributed by atoms with Crippen LogP contribution in [0.1, 0.15) is 16.1 Å². The third kappa shape index (κ3) is 2.06. The Kier molecular flexibility index (Phi) is 2.94. The molecule has 0 fully saturated rings. The zero-order valence-corrected chi connectivity index (χ0v) is 10.3. The van der Waals surface area contributed by atoms with E-state index in [0.717, 1.165) is 16.8 Å². The summed E-state index contributed by atoms with van der Waals surface area (Å²) in [4.78, 5) is 10.9. The molecular formula is C13H12ClNO2. The monoisotopic (exact) mass is 249 g/mol. The summed E-state index contributed by atoms with van der Waals surface area (Å²) in [6.45, 7) is 1.93. The Hall–Kier alpha value is -1.74. The number of carboxylic acids is 1. The molecule has 4 heteroatoms. The quantitative estimate of drug-likeness (QED) is 0.887. The van der Waals surface area contributed by atoms with Gasteiger partial charge in [-0.25, -0.2) is 4.79 Å². The summed E-state index contributed by atoms with van der Waals surface area (Å²) in [5.74, 6) is -0.933. The van der Waals surface area contributed by atoms with E-state index in [-0.39, 0.29) is 5.69 Å². The number of aryl methyl sites for hydroxylation is 1. The second kappa shape index (κ2) is 4.26. The Morgan fingerprint density at radius 1 is 1.29 bits per heavy atom. The zero-order chi connectivity index (χ0) is 12.6. The molecule has 3 nitrogen and oxygen atoms in total. The van der Waals surface area contributed by atoms with Crippen molar-refractivity contribution in [2.75, 3.05) is 0 Å². The maximum absolute atomic E-state index is 10.9. The Labute approximate surface area is 104 Å². The molecule has 2 aromatic rings. The molecule has 0 saturated heterocycles. The Bertz CT molecular complexity index is 587. The number of rotatable bonds is 2. The van der Waals surface area contributed by atoms with E-state index in [2.05, 4.69) is 0 Å². The Morgan fingerprint density at radius 3 is 2.53 bits per heavy atom. The average Bonchev–Trinajstić information content (AvgIpc) is 2.64. The molecule has 0 saturated carbocycles. The number of carbonyl (C=O) groups is 1. The van der Waals surface area contributed by atoms with Crippen LogP contribution >= 0.6 is 11.6 Å². The average molecular weight is 250 g/mol. The molecule has 0 bridgehead atoms. The first kappa shape index (κ1) is 11.7. The van der Waals surface area contributed by atoms with Crippen molar-refractivity contribution in [3.05, 3.63) is 46.6 Å². The SMILES string of the molecule is Cc1ccc(-c2ccc(C(=O)O)n2C)cc1Cl. The fraction of sp³-hybridized carbons (Fsp3) is 0.154. The highest BCUT2D eigenvalue weighted by molar-refractivity contribution is 6.31. The summed E-state index contributed by atoms with van der Waals surface area (Å²) in [5, 5.41) is 9.66. The van der Waals surface area contributed by atoms with E-state index in [0.29, 0.717) is 5.02 Å². The molecule has 0 aliphatic rings. The van der Waals surface area contributed by atoms with Crippen LogP contribution in [0.3, 0.4) is 0 Å². The molecule has 0 amide bonds. The standard InChI is InChI=1S/C13H12ClNO2/c1-8-3-4-9(7-10(8)14)11-5-6-12(13(16)17)15(11)2/h3-7H,1-2H3,(H,16,17). The van der Waals surface area contributed by atoms with Crippen molar-refractivity contribution in [1.82, 2.24) is 4.57 Å². The van der Waals surface area contributed by atoms with Gasteiger partial charge in [0.05, 0.1) is 0 Å². The van der Waals surface area contributed by atoms with Gasteiger partial charge in [0.1, 0.15) is 5.69 Å². The van der Waals surface area contributed by atoms with E-state index in [9.17, 15) is 4.79 Å². The lowest BCUT2D eigenvalue weighted by Gasteiger charge is -2.07. The van der Waals surface area contributed by atoms with Crippen LogP contribution in [0.25, 0.3) is 11.3 Å². The molecule has 88 valence electrons. The summed E-state index contributed by atoms with van der Waals surface area (Å²) in [5.41, 5.74) is 3.01. The van der Waals surface area contributed by atoms with Crippen LogP contribution in [0, 0.1) is 6.92 Å². The predicted molar refractivity (Wildman–Crippen MR) is 67.6 cm³/mol. The van der Waals surface area contributed by atoms with Gasteiger partial charge in [0.2, 0.25) is 0 Å². The van der Waals surface area contributed by atoms with Crippen LogP contribution < -0.4 is 0 Å². The first-order chi connectivity index (χ1) is 8.00. The number of aromatic carboxylic acids is 1. The lowest BCUT2D eigenvalue weighted by Crippen LogP contribution is -2.05. The first-order valence-electron chi connectivity index (χ1n) is 5.16. The van der Waals surface area contributed by atoms with Crippen LogP contribution in [0.4, 0.5) is 0 Å². The van der Waals surface area contributed by atoms with Crippen LogP contribution in [0.15, 0.2) is 30.3 Å². The van der Waals surface area contributed by atoms with Crippen molar-refractivity contribution < 1.29 is 9.90 Å². The van der Waals surface area contributed by atoms with E-state index in [1.54, 1.807) is 23.7 Å². The van der Waals surface area contributed by atoms with Crippen molar-refractivity contribution in [1.29, 1.82) is 0 Å². The van der Waals surface area contributed by atoms with Crippen LogP contribution in [0.5, 0.6) is 0 Å². The van der Waals surface area contributed by atoms with Gasteiger partial charge in [-0.2, -0.15) is 0 Å². The lowest BCUT2D eigenvalue weighted by molar-refractivity contribution is 0.0687. The van der Waals surface area contributed by atoms with E-state index >= 15 is 0 Å². The topological polar surface area (TPSA) is 42.2 Å². The largest absolute Gasteiger partial charge is 0.477 e. The molecule has 0 unspecified atom stereocenters. The third-order valence-electron chi connectivity index (χ3n) is 2.81. The van der Waals surface area contributed by atoms with Crippen LogP contribution in [-0.4, -0.2) is 15.6 Å². The Balaban J connectivity index is 2.53. The van der Waals surface area contributed by atoms with Crippen molar-refractivity contribution >= 4 is 17.6 Å². The van der Waals surface area contributed by atoms with Gasteiger partial charge in [-0.1, -0.05) is 23.7 Å². The molecule has 1 aromatic heterocycles. The van der Waals surface area contributed by atoms with Gasteiger partial charge in [-0.05, 0) is 36.2 Å². The number of hydrogen-bond donors (Lipinski definition) is 1. The van der Waals surface area contributed by atoms with Gasteiger partial charge in [-0.15, -0.1) is 0 Å². The normalized spacial score (nSPS) is 10.5. The smallest absolute Gasteiger partial charge is 0.352 e. The molecule has 0 aliphatic heterocycles. The summed E-state index contributed by atoms with van der Waals surface area (Å²) in [7, 11) is 1.73. The fourth-order valence-corrected chi connectivity index (χ4v) is 1.95. The lowest BCUT2D eigenvalue weighted by atomic mass is 10.1. The molecule has 2 rings (SSSR count). The molecule has 0 spiro atoms. The highest BCUT2D eigenvalue weighted by Gasteiger charge is 2.12. The van der Waals surface area contributed by atoms with Crippen LogP contribution in [0.2, 0.25) is 5.02 Å². The minimum atomic E-state index is -0.933. The molecule has 1 N–H and O–H groups in total. The van der Waals surface area contributed by atoms with Crippen molar-refractivity contribution in [2.45, 2.75) is 6.92 Å². The van der Waals surface area contributed by atoms with E-state index in [1.165, 1.54) is 0 Å². The molecule has 1 heterocycles. The highest BCUT2D eigenvalue weighted by atomic mass is 35.5. The zero-order valence-electron chi connectivity index (χ0n) is 9.57. The summed E-state index contributed by atoms with van der Waals surface area (Å²) >= 11 is 6.06. The summed E-state index contributed by atoms with van der Waals surface area (Å²) in [6.07, 6.45) is 0. The van der Waals surface area contributed by atoms with Gasteiger partial charge >= 0.3 is 5.97 Å². The number of aromatic nitrogens is 1. The Morgan fingerprint density at radius 2 is 2.00 bits per heavy atom. The minimum Gasteiger partial charge on any atom is -0.477 e. The van der Waals surface area contributed by atoms with Gasteiger partial charge < -0.3 is 9.67 Å². The van der Waals surface area contributed by atoms with E-state index < -0.39 is 5.97 Å². The number of benzene rings is 1. The minimum absolute atomic E-state index is 0.261. The fourth-order valence-electron chi connectivity index (χ4n) is 1.77. The second-order valence-electron chi connectivity index (χ2n) is 3.93. The van der Waals surface area contributed by atoms with E-state index in [1.807, 2.05) is 25.1 Å². The molecule has 1 aromatic carbocycles. The number of carboxylic acid groups (broad SMARTS) is 1. The summed E-state index contributed by atoms with van der Waals surface area (Å²) < 4.78 is 1.64. The maximum atomic E-state index is 10.9. The number of hydrogen-bond acceptors (Lipinski definition) is 1. The number of nitrogens with zero attached hydrogens (tertiary/aromatic N) is 1. The van der Waals surface area contributed by atoms with E-state index in [4.69, 9.17) is 16.7 Å². The maximum Gasteiger partial charge on any atom is 0.352 e. The highest BCUT2D eigenvalue weighted by Crippen LogP contribution is 2.26. The molecule has 0 atom stereocenters. The number of halogens is 1. The van der Waals surface area contributed by atoms with Crippen molar-refractivity contribution in [3.63, 3.8) is 0 Å². The van der Waals surface area contributed by atoms with Crippen LogP contribution in [-0.2, 0) is 7.05 Å². The molecular weight excluding hydrogens is 238 g/mol. The van der Waals surface area contributed by atoms with Gasteiger partial charge in [0.25, 0.3) is 0 Å². The third-order valence-corrected chi connectivity index (χ3v) is 3.22. The van der Waals surface area contributed by atoms with Gasteiger partial charge in [0, 0.05) is 17.8 Å². The molecule has 0 aliphatic carbocycles. The second-order valence-corrected chi connectivity index (χ2v) is 4.34. The molecule has 17 heavy (non-hydrogen) atoms. The summed E-state index contributed by atoms with van der Waals surface area (Å²) in [6, 6.07) is 9.07. The van der Waals surface area contributed by atoms with Gasteiger partial charge in [0.15, 0.2) is 0 Å². The first-order valence-corrected chi connectivity index (χ1v) is 5.54. The van der Waals surface area contributed by atoms with Crippen molar-refractivity contribution in [3.8, 4) is 11.3 Å². The predicted octanol–water partition coefficient (Wildman–Crippen LogP) is 3.35. The molecule has 0 radical (unpaired) electrons. The van der Waals surface area contributed by atoms with Crippen molar-refractivity contribution in [2.24, 2.45) is 7.05 Å².